The Labute approximate surface area is 156 Å². The number of hydrogen-bond acceptors (Lipinski definition) is 9. The van der Waals surface area contributed by atoms with Crippen molar-refractivity contribution in [3.8, 4) is 11.7 Å². The third kappa shape index (κ3) is 2.63. The van der Waals surface area contributed by atoms with Crippen LogP contribution >= 0.6 is 0 Å². The second-order valence-electron chi connectivity index (χ2n) is 5.94. The molecule has 0 fully saturated rings. The minimum Gasteiger partial charge on any atom is -0.330 e. The van der Waals surface area contributed by atoms with E-state index in [0.29, 0.717) is 22.9 Å². The SMILES string of the molecule is Cc1noc(-c2nc3c4ccccc4nc(Nc4ccccnc4=O)n3n2)n1. The van der Waals surface area contributed by atoms with Crippen LogP contribution in [0.15, 0.2) is 58.0 Å². The molecule has 5 rings (SSSR count). The van der Waals surface area contributed by atoms with Gasteiger partial charge in [0.2, 0.25) is 11.8 Å². The third-order valence-electron chi connectivity index (χ3n) is 4.03. The maximum absolute atomic E-state index is 12.2. The zero-order valence-electron chi connectivity index (χ0n) is 14.6. The van der Waals surface area contributed by atoms with Gasteiger partial charge in [-0.15, -0.1) is 5.10 Å². The zero-order chi connectivity index (χ0) is 19.1. The summed E-state index contributed by atoms with van der Waals surface area (Å²) < 4.78 is 6.68. The van der Waals surface area contributed by atoms with Gasteiger partial charge in [-0.05, 0) is 31.2 Å². The van der Waals surface area contributed by atoms with Crippen LogP contribution in [-0.4, -0.2) is 34.7 Å². The second-order valence-corrected chi connectivity index (χ2v) is 5.94. The summed E-state index contributed by atoms with van der Waals surface area (Å²) in [5.41, 5.74) is 1.08. The molecule has 0 aliphatic carbocycles. The Bertz CT molecular complexity index is 1390. The van der Waals surface area contributed by atoms with Gasteiger partial charge in [-0.25, -0.2) is 15.0 Å². The predicted molar refractivity (Wildman–Crippen MR) is 100 cm³/mol. The van der Waals surface area contributed by atoms with E-state index >= 15 is 0 Å². The van der Waals surface area contributed by atoms with E-state index in [2.05, 4.69) is 35.5 Å². The van der Waals surface area contributed by atoms with Crippen LogP contribution in [0.5, 0.6) is 0 Å². The van der Waals surface area contributed by atoms with E-state index in [-0.39, 0.29) is 17.4 Å². The summed E-state index contributed by atoms with van der Waals surface area (Å²) in [7, 11) is 0. The Morgan fingerprint density at radius 3 is 2.75 bits per heavy atom. The van der Waals surface area contributed by atoms with Crippen LogP contribution in [0.2, 0.25) is 0 Å². The van der Waals surface area contributed by atoms with E-state index in [4.69, 9.17) is 4.52 Å². The van der Waals surface area contributed by atoms with Crippen LogP contribution in [0.25, 0.3) is 28.3 Å². The molecule has 0 radical (unpaired) electrons. The highest BCUT2D eigenvalue weighted by Crippen LogP contribution is 2.24. The Balaban J connectivity index is 1.76. The summed E-state index contributed by atoms with van der Waals surface area (Å²) in [4.78, 5) is 29.3. The van der Waals surface area contributed by atoms with E-state index < -0.39 is 5.56 Å². The smallest absolute Gasteiger partial charge is 0.297 e. The maximum Gasteiger partial charge on any atom is 0.297 e. The maximum atomic E-state index is 12.2. The Morgan fingerprint density at radius 1 is 1.04 bits per heavy atom. The van der Waals surface area contributed by atoms with Crippen molar-refractivity contribution in [1.82, 2.24) is 34.7 Å². The van der Waals surface area contributed by atoms with Crippen LogP contribution < -0.4 is 10.9 Å². The van der Waals surface area contributed by atoms with Gasteiger partial charge in [0.15, 0.2) is 11.5 Å². The highest BCUT2D eigenvalue weighted by atomic mass is 16.5. The lowest BCUT2D eigenvalue weighted by Gasteiger charge is -2.07. The fourth-order valence-corrected chi connectivity index (χ4v) is 2.78. The molecule has 0 unspecified atom stereocenters. The number of para-hydroxylation sites is 1. The second kappa shape index (κ2) is 6.20. The average molecular weight is 372 g/mol. The molecule has 4 heterocycles. The summed E-state index contributed by atoms with van der Waals surface area (Å²) in [5, 5.41) is 12.0. The molecule has 1 N–H and O–H groups in total. The Morgan fingerprint density at radius 2 is 1.89 bits per heavy atom. The lowest BCUT2D eigenvalue weighted by Crippen LogP contribution is -2.11. The van der Waals surface area contributed by atoms with E-state index in [1.54, 1.807) is 25.1 Å². The third-order valence-corrected chi connectivity index (χ3v) is 4.03. The van der Waals surface area contributed by atoms with Crippen molar-refractivity contribution in [2.24, 2.45) is 0 Å². The molecule has 136 valence electrons. The lowest BCUT2D eigenvalue weighted by atomic mass is 10.2. The highest BCUT2D eigenvalue weighted by molar-refractivity contribution is 5.93. The van der Waals surface area contributed by atoms with E-state index in [9.17, 15) is 4.79 Å². The van der Waals surface area contributed by atoms with Gasteiger partial charge < -0.3 is 9.84 Å². The summed E-state index contributed by atoms with van der Waals surface area (Å²) in [6, 6.07) is 12.5. The molecular formula is C18H12N8O2. The van der Waals surface area contributed by atoms with E-state index in [1.807, 2.05) is 24.3 Å². The molecule has 0 atom stereocenters. The number of nitrogens with zero attached hydrogens (tertiary/aromatic N) is 7. The van der Waals surface area contributed by atoms with Gasteiger partial charge in [0.1, 0.15) is 5.69 Å². The first-order valence-electron chi connectivity index (χ1n) is 8.37. The van der Waals surface area contributed by atoms with Gasteiger partial charge in [0, 0.05) is 11.6 Å². The van der Waals surface area contributed by atoms with E-state index in [1.165, 1.54) is 10.7 Å². The number of rotatable bonds is 3. The monoisotopic (exact) mass is 372 g/mol. The first-order chi connectivity index (χ1) is 13.7. The lowest BCUT2D eigenvalue weighted by molar-refractivity contribution is 0.423. The molecule has 28 heavy (non-hydrogen) atoms. The fraction of sp³-hybridized carbons (Fsp3) is 0.0556. The molecule has 1 aromatic carbocycles. The van der Waals surface area contributed by atoms with Gasteiger partial charge in [0.25, 0.3) is 11.4 Å². The van der Waals surface area contributed by atoms with Crippen molar-refractivity contribution < 1.29 is 4.52 Å². The van der Waals surface area contributed by atoms with Crippen molar-refractivity contribution in [1.29, 1.82) is 0 Å². The Kier molecular flexibility index (Phi) is 3.54. The van der Waals surface area contributed by atoms with Gasteiger partial charge in [-0.3, -0.25) is 4.79 Å². The highest BCUT2D eigenvalue weighted by Gasteiger charge is 2.18. The quantitative estimate of drug-likeness (QED) is 0.507. The van der Waals surface area contributed by atoms with E-state index in [0.717, 1.165) is 5.39 Å². The van der Waals surface area contributed by atoms with Gasteiger partial charge in [-0.1, -0.05) is 23.4 Å². The number of aryl methyl sites for hydroxylation is 1. The molecular weight excluding hydrogens is 360 g/mol. The molecule has 10 nitrogen and oxygen atoms in total. The molecule has 0 bridgehead atoms. The van der Waals surface area contributed by atoms with Gasteiger partial charge >= 0.3 is 0 Å². The fourth-order valence-electron chi connectivity index (χ4n) is 2.78. The number of benzene rings is 1. The van der Waals surface area contributed by atoms with Crippen molar-refractivity contribution in [3.05, 3.63) is 64.8 Å². The van der Waals surface area contributed by atoms with Crippen molar-refractivity contribution in [2.45, 2.75) is 6.92 Å². The van der Waals surface area contributed by atoms with Crippen LogP contribution in [0.1, 0.15) is 5.82 Å². The standard InChI is InChI=1S/C18H12N8O2/c1-10-20-17(28-25-10)14-23-15-11-6-2-3-7-12(11)21-18(26(15)24-14)22-13-8-4-5-9-19-16(13)27/h2-9H,1H3,(H,19,21,22,27). The molecule has 0 aliphatic heterocycles. The first kappa shape index (κ1) is 16.0. The average Bonchev–Trinajstić information content (AvgIpc) is 3.28. The predicted octanol–water partition coefficient (Wildman–Crippen LogP) is 2.13. The van der Waals surface area contributed by atoms with Gasteiger partial charge in [-0.2, -0.15) is 9.50 Å². The molecule has 10 heteroatoms. The van der Waals surface area contributed by atoms with Crippen molar-refractivity contribution >= 4 is 28.2 Å². The summed E-state index contributed by atoms with van der Waals surface area (Å²) in [6.45, 7) is 1.71. The normalized spacial score (nSPS) is 11.2. The zero-order valence-corrected chi connectivity index (χ0v) is 14.6. The number of fused-ring (bicyclic) bond motifs is 3. The van der Waals surface area contributed by atoms with Gasteiger partial charge in [0.05, 0.1) is 5.52 Å². The number of hydrogen-bond donors (Lipinski definition) is 1. The van der Waals surface area contributed by atoms with Crippen LogP contribution in [0, 0.1) is 6.92 Å². The van der Waals surface area contributed by atoms with Crippen LogP contribution in [0.4, 0.5) is 11.6 Å². The number of anilines is 2. The summed E-state index contributed by atoms with van der Waals surface area (Å²) in [5.74, 6) is 1.26. The summed E-state index contributed by atoms with van der Waals surface area (Å²) >= 11 is 0. The van der Waals surface area contributed by atoms with Crippen molar-refractivity contribution in [3.63, 3.8) is 0 Å². The molecule has 0 saturated carbocycles. The number of aromatic nitrogens is 7. The van der Waals surface area contributed by atoms with Crippen LogP contribution in [0.3, 0.4) is 0 Å². The molecule has 0 aliphatic rings. The largest absolute Gasteiger partial charge is 0.330 e. The van der Waals surface area contributed by atoms with Crippen molar-refractivity contribution in [2.75, 3.05) is 5.32 Å². The molecule has 5 aromatic rings. The topological polar surface area (TPSA) is 124 Å². The Hall–Kier alpha value is -4.21. The molecule has 0 amide bonds. The number of nitrogens with one attached hydrogen (secondary N) is 1. The molecule has 4 aromatic heterocycles. The minimum atomic E-state index is -0.416. The first-order valence-corrected chi connectivity index (χ1v) is 8.37. The molecule has 0 spiro atoms. The molecule has 0 saturated heterocycles. The summed E-state index contributed by atoms with van der Waals surface area (Å²) in [6.07, 6.45) is 1.43. The van der Waals surface area contributed by atoms with Crippen LogP contribution in [-0.2, 0) is 0 Å². The minimum absolute atomic E-state index is 0.202.